The quantitative estimate of drug-likeness (QED) is 0.582. The van der Waals surface area contributed by atoms with Gasteiger partial charge in [-0.1, -0.05) is 13.8 Å². The van der Waals surface area contributed by atoms with E-state index in [1.54, 1.807) is 4.90 Å². The van der Waals surface area contributed by atoms with Gasteiger partial charge in [0.25, 0.3) is 0 Å². The fourth-order valence-electron chi connectivity index (χ4n) is 1.29. The van der Waals surface area contributed by atoms with Crippen LogP contribution in [0.15, 0.2) is 0 Å². The van der Waals surface area contributed by atoms with Crippen molar-refractivity contribution in [3.63, 3.8) is 0 Å². The van der Waals surface area contributed by atoms with Crippen molar-refractivity contribution in [2.24, 2.45) is 0 Å². The summed E-state index contributed by atoms with van der Waals surface area (Å²) in [6.07, 6.45) is 0.542. The second-order valence-electron chi connectivity index (χ2n) is 2.89. The van der Waals surface area contributed by atoms with Gasteiger partial charge in [0, 0.05) is 6.42 Å². The topological polar surface area (TPSA) is 81.5 Å². The number of aliphatic carboxylic acids is 1. The van der Waals surface area contributed by atoms with Crippen LogP contribution < -0.4 is 0 Å². The molecule has 80 valence electrons. The molecule has 0 heterocycles. The SMILES string of the molecule is CCN(CC)[C@H](CC(=O)C=N)C(=O)O. The Morgan fingerprint density at radius 2 is 1.93 bits per heavy atom. The molecule has 0 aromatic rings. The zero-order valence-corrected chi connectivity index (χ0v) is 8.49. The minimum absolute atomic E-state index is 0.124. The number of hydrogen-bond acceptors (Lipinski definition) is 4. The van der Waals surface area contributed by atoms with Crippen LogP contribution in [0.1, 0.15) is 20.3 Å². The minimum atomic E-state index is -1.01. The molecule has 14 heavy (non-hydrogen) atoms. The zero-order valence-electron chi connectivity index (χ0n) is 8.49. The zero-order chi connectivity index (χ0) is 11.1. The van der Waals surface area contributed by atoms with E-state index < -0.39 is 17.8 Å². The Hall–Kier alpha value is -1.23. The number of Topliss-reactive ketones (excluding diaryl/α,β-unsaturated/α-hetero) is 1. The Morgan fingerprint density at radius 1 is 1.43 bits per heavy atom. The molecule has 0 saturated heterocycles. The third kappa shape index (κ3) is 3.66. The lowest BCUT2D eigenvalue weighted by atomic mass is 10.1. The molecule has 0 aliphatic carbocycles. The summed E-state index contributed by atoms with van der Waals surface area (Å²) in [5, 5.41) is 15.6. The van der Waals surface area contributed by atoms with Crippen LogP contribution in [-0.2, 0) is 9.59 Å². The summed E-state index contributed by atoms with van der Waals surface area (Å²) in [6, 6.07) is -0.806. The average Bonchev–Trinajstić information content (AvgIpc) is 2.17. The molecule has 2 N–H and O–H groups in total. The first-order valence-corrected chi connectivity index (χ1v) is 4.56. The van der Waals surface area contributed by atoms with E-state index in [1.165, 1.54) is 0 Å². The molecule has 1 atom stereocenters. The third-order valence-corrected chi connectivity index (χ3v) is 2.09. The smallest absolute Gasteiger partial charge is 0.321 e. The van der Waals surface area contributed by atoms with Crippen LogP contribution in [0.4, 0.5) is 0 Å². The summed E-state index contributed by atoms with van der Waals surface area (Å²) >= 11 is 0. The molecular weight excluding hydrogens is 184 g/mol. The van der Waals surface area contributed by atoms with E-state index in [-0.39, 0.29) is 6.42 Å². The van der Waals surface area contributed by atoms with E-state index in [0.29, 0.717) is 19.3 Å². The number of carboxylic acid groups (broad SMARTS) is 1. The Balaban J connectivity index is 4.49. The summed E-state index contributed by atoms with van der Waals surface area (Å²) in [4.78, 5) is 23.5. The molecule has 0 rings (SSSR count). The van der Waals surface area contributed by atoms with Crippen LogP contribution in [0.25, 0.3) is 0 Å². The second-order valence-corrected chi connectivity index (χ2v) is 2.89. The first-order valence-electron chi connectivity index (χ1n) is 4.56. The minimum Gasteiger partial charge on any atom is -0.480 e. The van der Waals surface area contributed by atoms with Crippen molar-refractivity contribution in [2.75, 3.05) is 13.1 Å². The van der Waals surface area contributed by atoms with Gasteiger partial charge in [-0.3, -0.25) is 14.5 Å². The first kappa shape index (κ1) is 12.8. The van der Waals surface area contributed by atoms with Gasteiger partial charge in [0.15, 0.2) is 5.78 Å². The van der Waals surface area contributed by atoms with Crippen LogP contribution in [0.5, 0.6) is 0 Å². The van der Waals surface area contributed by atoms with Gasteiger partial charge >= 0.3 is 5.97 Å². The van der Waals surface area contributed by atoms with E-state index in [9.17, 15) is 9.59 Å². The standard InChI is InChI=1S/C9H16N2O3/c1-3-11(4-2)8(9(13)14)5-7(12)6-10/h6,8,10H,3-5H2,1-2H3,(H,13,14)/t8-/m1/s1. The van der Waals surface area contributed by atoms with Gasteiger partial charge in [0.2, 0.25) is 0 Å². The molecule has 0 aromatic heterocycles. The third-order valence-electron chi connectivity index (χ3n) is 2.09. The molecule has 0 saturated carbocycles. The largest absolute Gasteiger partial charge is 0.480 e. The predicted molar refractivity (Wildman–Crippen MR) is 52.8 cm³/mol. The second kappa shape index (κ2) is 6.26. The van der Waals surface area contributed by atoms with Crippen molar-refractivity contribution in [2.45, 2.75) is 26.3 Å². The van der Waals surface area contributed by atoms with Crippen LogP contribution >= 0.6 is 0 Å². The van der Waals surface area contributed by atoms with E-state index in [2.05, 4.69) is 0 Å². The Bertz CT molecular complexity index is 224. The van der Waals surface area contributed by atoms with Gasteiger partial charge in [0.05, 0.1) is 6.21 Å². The fraction of sp³-hybridized carbons (Fsp3) is 0.667. The number of likely N-dealkylation sites (N-methyl/N-ethyl adjacent to an activating group) is 1. The highest BCUT2D eigenvalue weighted by molar-refractivity contribution is 6.26. The average molecular weight is 200 g/mol. The molecule has 0 radical (unpaired) electrons. The lowest BCUT2D eigenvalue weighted by Gasteiger charge is -2.24. The Kier molecular flexibility index (Phi) is 5.71. The molecule has 5 nitrogen and oxygen atoms in total. The van der Waals surface area contributed by atoms with Gasteiger partial charge in [-0.2, -0.15) is 0 Å². The highest BCUT2D eigenvalue weighted by Gasteiger charge is 2.25. The molecule has 0 amide bonds. The van der Waals surface area contributed by atoms with Crippen LogP contribution in [-0.4, -0.2) is 47.1 Å². The van der Waals surface area contributed by atoms with Crippen molar-refractivity contribution < 1.29 is 14.7 Å². The maximum atomic E-state index is 10.9. The molecular formula is C9H16N2O3. The van der Waals surface area contributed by atoms with Gasteiger partial charge in [-0.05, 0) is 13.1 Å². The fourth-order valence-corrected chi connectivity index (χ4v) is 1.29. The number of carboxylic acids is 1. The number of carbonyl (C=O) groups is 2. The van der Waals surface area contributed by atoms with Crippen LogP contribution in [0.3, 0.4) is 0 Å². The predicted octanol–water partition coefficient (Wildman–Crippen LogP) is 0.390. The Morgan fingerprint density at radius 3 is 2.21 bits per heavy atom. The van der Waals surface area contributed by atoms with E-state index in [0.717, 1.165) is 0 Å². The van der Waals surface area contributed by atoms with E-state index in [1.807, 2.05) is 13.8 Å². The monoisotopic (exact) mass is 200 g/mol. The summed E-state index contributed by atoms with van der Waals surface area (Å²) in [5.74, 6) is -1.46. The summed E-state index contributed by atoms with van der Waals surface area (Å²) in [7, 11) is 0. The van der Waals surface area contributed by atoms with Crippen molar-refractivity contribution in [3.05, 3.63) is 0 Å². The summed E-state index contributed by atoms with van der Waals surface area (Å²) in [5.41, 5.74) is 0. The number of nitrogens with one attached hydrogen (secondary N) is 1. The van der Waals surface area contributed by atoms with E-state index in [4.69, 9.17) is 10.5 Å². The normalized spacial score (nSPS) is 12.5. The molecule has 0 spiro atoms. The number of ketones is 1. The molecule has 0 unspecified atom stereocenters. The summed E-state index contributed by atoms with van der Waals surface area (Å²) < 4.78 is 0. The maximum Gasteiger partial charge on any atom is 0.321 e. The molecule has 0 bridgehead atoms. The lowest BCUT2D eigenvalue weighted by Crippen LogP contribution is -2.42. The molecule has 0 aromatic carbocycles. The first-order chi connectivity index (χ1) is 6.56. The molecule has 0 aliphatic rings. The van der Waals surface area contributed by atoms with Gasteiger partial charge in [0.1, 0.15) is 6.04 Å². The number of rotatable bonds is 7. The number of hydrogen-bond donors (Lipinski definition) is 2. The molecule has 5 heteroatoms. The molecule has 0 aliphatic heterocycles. The molecule has 0 fully saturated rings. The highest BCUT2D eigenvalue weighted by Crippen LogP contribution is 2.04. The van der Waals surface area contributed by atoms with Crippen molar-refractivity contribution >= 4 is 18.0 Å². The highest BCUT2D eigenvalue weighted by atomic mass is 16.4. The van der Waals surface area contributed by atoms with Crippen molar-refractivity contribution in [1.29, 1.82) is 5.41 Å². The van der Waals surface area contributed by atoms with Gasteiger partial charge in [-0.25, -0.2) is 0 Å². The van der Waals surface area contributed by atoms with Crippen LogP contribution in [0.2, 0.25) is 0 Å². The summed E-state index contributed by atoms with van der Waals surface area (Å²) in [6.45, 7) is 4.85. The van der Waals surface area contributed by atoms with Gasteiger partial charge < -0.3 is 10.5 Å². The van der Waals surface area contributed by atoms with E-state index >= 15 is 0 Å². The van der Waals surface area contributed by atoms with Crippen molar-refractivity contribution in [3.8, 4) is 0 Å². The van der Waals surface area contributed by atoms with Crippen LogP contribution in [0, 0.1) is 5.41 Å². The number of nitrogens with zero attached hydrogens (tertiary/aromatic N) is 1. The number of carbonyl (C=O) groups excluding carboxylic acids is 1. The van der Waals surface area contributed by atoms with Crippen molar-refractivity contribution in [1.82, 2.24) is 4.90 Å². The Labute approximate surface area is 83.2 Å². The maximum absolute atomic E-state index is 10.9. The lowest BCUT2D eigenvalue weighted by molar-refractivity contribution is -0.144. The van der Waals surface area contributed by atoms with Gasteiger partial charge in [-0.15, -0.1) is 0 Å².